The molecule has 0 aliphatic heterocycles. The van der Waals surface area contributed by atoms with Crippen molar-refractivity contribution in [1.29, 1.82) is 0 Å². The SMILES string of the molecule is C.C.C.C[CH-]C.[CH2-]C.[Y]. The van der Waals surface area contributed by atoms with Crippen LogP contribution in [0.1, 0.15) is 43.1 Å². The summed E-state index contributed by atoms with van der Waals surface area (Å²) in [5.74, 6) is 0. The van der Waals surface area contributed by atoms with Crippen molar-refractivity contribution in [3.8, 4) is 0 Å². The van der Waals surface area contributed by atoms with Crippen molar-refractivity contribution in [3.63, 3.8) is 0 Å². The van der Waals surface area contributed by atoms with Gasteiger partial charge in [0.05, 0.1) is 0 Å². The molecular formula is C8H24Y-2. The fraction of sp³-hybridized carbons (Fsp3) is 0.750. The van der Waals surface area contributed by atoms with Gasteiger partial charge in [0.2, 0.25) is 0 Å². The molecule has 0 aromatic carbocycles. The molecule has 1 radical (unpaired) electrons. The summed E-state index contributed by atoms with van der Waals surface area (Å²) in [6.45, 7) is 9.00. The molecule has 1 heteroatoms. The van der Waals surface area contributed by atoms with Crippen LogP contribution in [0.5, 0.6) is 0 Å². The number of rotatable bonds is 0. The van der Waals surface area contributed by atoms with Gasteiger partial charge in [0.25, 0.3) is 0 Å². The molecule has 0 saturated carbocycles. The Bertz CT molecular complexity index is 4.53. The van der Waals surface area contributed by atoms with Crippen LogP contribution in [0, 0.1) is 13.3 Å². The summed E-state index contributed by atoms with van der Waals surface area (Å²) in [7, 11) is 0. The van der Waals surface area contributed by atoms with Crippen LogP contribution in [0.15, 0.2) is 0 Å². The molecule has 0 rings (SSSR count). The molecule has 0 aliphatic rings. The van der Waals surface area contributed by atoms with E-state index in [0.29, 0.717) is 0 Å². The van der Waals surface area contributed by atoms with E-state index in [1.807, 2.05) is 20.3 Å². The van der Waals surface area contributed by atoms with Crippen LogP contribution in [0.2, 0.25) is 0 Å². The van der Waals surface area contributed by atoms with Gasteiger partial charge in [0, 0.05) is 32.7 Å². The van der Waals surface area contributed by atoms with Gasteiger partial charge < -0.3 is 13.3 Å². The molecule has 0 nitrogen and oxygen atoms in total. The molecule has 0 aliphatic carbocycles. The van der Waals surface area contributed by atoms with Crippen LogP contribution in [0.4, 0.5) is 0 Å². The average Bonchev–Trinajstić information content (AvgIpc) is 1.46. The molecule has 0 unspecified atom stereocenters. The zero-order valence-electron chi connectivity index (χ0n) is 4.86. The molecular weight excluding hydrogens is 185 g/mol. The van der Waals surface area contributed by atoms with Crippen LogP contribution < -0.4 is 0 Å². The van der Waals surface area contributed by atoms with Crippen LogP contribution in [-0.4, -0.2) is 0 Å². The van der Waals surface area contributed by atoms with Crippen molar-refractivity contribution in [1.82, 2.24) is 0 Å². The predicted octanol–water partition coefficient (Wildman–Crippen LogP) is 3.98. The Kier molecular flexibility index (Phi) is 746. The number of hydrogen-bond donors (Lipinski definition) is 0. The maximum absolute atomic E-state index is 3.25. The second-order valence-corrected chi connectivity index (χ2v) is 0.577. The van der Waals surface area contributed by atoms with E-state index < -0.39 is 0 Å². The zero-order chi connectivity index (χ0) is 4.71. The molecule has 61 valence electrons. The Hall–Kier alpha value is 1.10. The quantitative estimate of drug-likeness (QED) is 0.529. The van der Waals surface area contributed by atoms with Crippen molar-refractivity contribution in [2.45, 2.75) is 43.1 Å². The van der Waals surface area contributed by atoms with E-state index in [-0.39, 0.29) is 55.0 Å². The Morgan fingerprint density at radius 3 is 0.889 bits per heavy atom. The number of hydrogen-bond acceptors (Lipinski definition) is 0. The Balaban J connectivity index is -0.00000000357. The van der Waals surface area contributed by atoms with E-state index in [9.17, 15) is 0 Å². The molecule has 0 aromatic heterocycles. The normalized spacial score (nSPS) is 2.67. The van der Waals surface area contributed by atoms with Gasteiger partial charge in [-0.05, 0) is 0 Å². The fourth-order valence-electron chi connectivity index (χ4n) is 0. The van der Waals surface area contributed by atoms with Crippen LogP contribution in [0.3, 0.4) is 0 Å². The summed E-state index contributed by atoms with van der Waals surface area (Å²) in [4.78, 5) is 0. The Morgan fingerprint density at radius 1 is 0.889 bits per heavy atom. The first-order valence-corrected chi connectivity index (χ1v) is 1.86. The second-order valence-electron chi connectivity index (χ2n) is 0.577. The molecule has 0 N–H and O–H groups in total. The minimum Gasteiger partial charge on any atom is -0.346 e. The Morgan fingerprint density at radius 2 is 0.889 bits per heavy atom. The molecule has 0 bridgehead atoms. The van der Waals surface area contributed by atoms with E-state index >= 15 is 0 Å². The van der Waals surface area contributed by atoms with E-state index in [2.05, 4.69) is 6.92 Å². The van der Waals surface area contributed by atoms with Crippen LogP contribution >= 0.6 is 0 Å². The largest absolute Gasteiger partial charge is 0.346 e. The first kappa shape index (κ1) is 49.7. The molecule has 0 spiro atoms. The zero-order valence-corrected chi connectivity index (χ0v) is 7.70. The molecule has 0 saturated heterocycles. The first-order chi connectivity index (χ1) is 2.41. The molecule has 9 heavy (non-hydrogen) atoms. The van der Waals surface area contributed by atoms with Gasteiger partial charge >= 0.3 is 0 Å². The summed E-state index contributed by atoms with van der Waals surface area (Å²) >= 11 is 0. The predicted molar refractivity (Wildman–Crippen MR) is 46.9 cm³/mol. The molecule has 0 amide bonds. The molecule has 0 aromatic rings. The van der Waals surface area contributed by atoms with E-state index in [1.54, 1.807) is 6.92 Å². The van der Waals surface area contributed by atoms with Gasteiger partial charge in [-0.15, -0.1) is 0 Å². The van der Waals surface area contributed by atoms with Gasteiger partial charge in [0.1, 0.15) is 0 Å². The third-order valence-electron chi connectivity index (χ3n) is 0. The summed E-state index contributed by atoms with van der Waals surface area (Å²) in [6, 6.07) is 0. The molecule has 0 atom stereocenters. The third kappa shape index (κ3) is 377. The van der Waals surface area contributed by atoms with Crippen LogP contribution in [-0.2, 0) is 32.7 Å². The minimum atomic E-state index is 0. The van der Waals surface area contributed by atoms with Gasteiger partial charge in [-0.2, -0.15) is 20.8 Å². The molecule has 0 fully saturated rings. The summed E-state index contributed by atoms with van der Waals surface area (Å²) in [6.07, 6.45) is 2.00. The monoisotopic (exact) mass is 209 g/mol. The molecule has 0 heterocycles. The summed E-state index contributed by atoms with van der Waals surface area (Å²) < 4.78 is 0. The van der Waals surface area contributed by atoms with Gasteiger partial charge in [-0.25, -0.2) is 0 Å². The van der Waals surface area contributed by atoms with Gasteiger partial charge in [0.15, 0.2) is 0 Å². The second kappa shape index (κ2) is 135. The van der Waals surface area contributed by atoms with Gasteiger partial charge in [-0.1, -0.05) is 22.3 Å². The summed E-state index contributed by atoms with van der Waals surface area (Å²) in [5.41, 5.74) is 0. The van der Waals surface area contributed by atoms with Crippen LogP contribution in [0.25, 0.3) is 0 Å². The van der Waals surface area contributed by atoms with E-state index in [0.717, 1.165) is 0 Å². The fourth-order valence-corrected chi connectivity index (χ4v) is 0. The Labute approximate surface area is 88.7 Å². The average molecular weight is 209 g/mol. The maximum Gasteiger partial charge on any atom is 0 e. The van der Waals surface area contributed by atoms with E-state index in [1.165, 1.54) is 0 Å². The standard InChI is InChI=1S/C3H7.C2H5.3CH4.Y/c1-3-2;1-2;;;;/h3H,1-2H3;1H2,2H3;3*1H4;/q2*-1;;;;. The third-order valence-corrected chi connectivity index (χ3v) is 0. The first-order valence-electron chi connectivity index (χ1n) is 1.86. The van der Waals surface area contributed by atoms with Crippen molar-refractivity contribution in [2.75, 3.05) is 0 Å². The van der Waals surface area contributed by atoms with Crippen molar-refractivity contribution in [2.24, 2.45) is 0 Å². The van der Waals surface area contributed by atoms with Crippen molar-refractivity contribution >= 4 is 0 Å². The van der Waals surface area contributed by atoms with E-state index in [4.69, 9.17) is 0 Å². The topological polar surface area (TPSA) is 0 Å². The summed E-state index contributed by atoms with van der Waals surface area (Å²) in [5, 5.41) is 0. The van der Waals surface area contributed by atoms with Crippen molar-refractivity contribution < 1.29 is 32.7 Å². The maximum atomic E-state index is 3.25. The smallest absolute Gasteiger partial charge is 0 e. The van der Waals surface area contributed by atoms with Gasteiger partial charge in [-0.3, -0.25) is 0 Å². The minimum absolute atomic E-state index is 0. The van der Waals surface area contributed by atoms with Crippen molar-refractivity contribution in [3.05, 3.63) is 13.3 Å².